The van der Waals surface area contributed by atoms with Crippen LogP contribution in [0.5, 0.6) is 17.2 Å². The zero-order valence-electron chi connectivity index (χ0n) is 16.8. The van der Waals surface area contributed by atoms with E-state index in [-0.39, 0.29) is 6.61 Å². The van der Waals surface area contributed by atoms with E-state index in [2.05, 4.69) is 0 Å². The molecule has 0 spiro atoms. The van der Waals surface area contributed by atoms with Crippen molar-refractivity contribution < 1.29 is 19.0 Å². The predicted octanol–water partition coefficient (Wildman–Crippen LogP) is 5.47. The summed E-state index contributed by atoms with van der Waals surface area (Å²) in [6.45, 7) is 3.85. The molecule has 0 radical (unpaired) electrons. The highest BCUT2D eigenvalue weighted by Crippen LogP contribution is 2.29. The van der Waals surface area contributed by atoms with Crippen molar-refractivity contribution in [3.8, 4) is 17.2 Å². The third-order valence-corrected chi connectivity index (χ3v) is 4.51. The Morgan fingerprint density at radius 3 is 2.31 bits per heavy atom. The minimum Gasteiger partial charge on any atom is -0.493 e. The Balaban J connectivity index is 1.63. The van der Waals surface area contributed by atoms with Crippen LogP contribution in [0.3, 0.4) is 0 Å². The topological polar surface area (TPSA) is 44.8 Å². The molecule has 0 saturated carbocycles. The van der Waals surface area contributed by atoms with Crippen LogP contribution in [0.4, 0.5) is 0 Å². The fraction of sp³-hybridized carbons (Fsp3) is 0.160. The second kappa shape index (κ2) is 9.60. The van der Waals surface area contributed by atoms with Gasteiger partial charge in [0.05, 0.1) is 7.11 Å². The monoisotopic (exact) mass is 388 g/mol. The maximum absolute atomic E-state index is 12.2. The van der Waals surface area contributed by atoms with Crippen molar-refractivity contribution in [2.24, 2.45) is 0 Å². The van der Waals surface area contributed by atoms with Crippen LogP contribution in [0.1, 0.15) is 22.3 Å². The van der Waals surface area contributed by atoms with Gasteiger partial charge in [-0.3, -0.25) is 0 Å². The largest absolute Gasteiger partial charge is 0.493 e. The molecular weight excluding hydrogens is 364 g/mol. The van der Waals surface area contributed by atoms with E-state index in [4.69, 9.17) is 14.2 Å². The number of methoxy groups -OCH3 is 1. The number of benzene rings is 3. The summed E-state index contributed by atoms with van der Waals surface area (Å²) in [5.74, 6) is 0.991. The highest BCUT2D eigenvalue weighted by Gasteiger charge is 2.11. The summed E-state index contributed by atoms with van der Waals surface area (Å²) in [4.78, 5) is 12.2. The summed E-state index contributed by atoms with van der Waals surface area (Å²) in [5, 5.41) is 0. The van der Waals surface area contributed by atoms with E-state index in [9.17, 15) is 4.79 Å². The van der Waals surface area contributed by atoms with Crippen molar-refractivity contribution in [3.63, 3.8) is 0 Å². The van der Waals surface area contributed by atoms with Gasteiger partial charge < -0.3 is 14.2 Å². The minimum atomic E-state index is -0.492. The Bertz CT molecular complexity index is 1010. The quantitative estimate of drug-likeness (QED) is 0.306. The van der Waals surface area contributed by atoms with Crippen molar-refractivity contribution in [2.75, 3.05) is 13.7 Å². The van der Waals surface area contributed by atoms with Crippen LogP contribution < -0.4 is 14.2 Å². The summed E-state index contributed by atoms with van der Waals surface area (Å²) in [7, 11) is 1.54. The van der Waals surface area contributed by atoms with Crippen molar-refractivity contribution in [3.05, 3.63) is 89.0 Å². The van der Waals surface area contributed by atoms with Crippen molar-refractivity contribution in [2.45, 2.75) is 13.8 Å². The molecular formula is C25H24O4. The Hall–Kier alpha value is -3.53. The van der Waals surface area contributed by atoms with E-state index in [1.807, 2.05) is 86.7 Å². The summed E-state index contributed by atoms with van der Waals surface area (Å²) >= 11 is 0. The molecule has 0 N–H and O–H groups in total. The molecule has 0 unspecified atom stereocenters. The van der Waals surface area contributed by atoms with E-state index in [1.165, 1.54) is 5.56 Å². The summed E-state index contributed by atoms with van der Waals surface area (Å²) in [5.41, 5.74) is 4.32. The molecule has 0 saturated heterocycles. The Labute approximate surface area is 171 Å². The maximum atomic E-state index is 12.2. The lowest BCUT2D eigenvalue weighted by Gasteiger charge is -2.11. The molecule has 4 heteroatoms. The lowest BCUT2D eigenvalue weighted by molar-refractivity contribution is -0.136. The van der Waals surface area contributed by atoms with Gasteiger partial charge in [-0.2, -0.15) is 0 Å². The van der Waals surface area contributed by atoms with Gasteiger partial charge in [0.15, 0.2) is 18.1 Å². The highest BCUT2D eigenvalue weighted by molar-refractivity contribution is 5.76. The van der Waals surface area contributed by atoms with Crippen LogP contribution in [0.25, 0.3) is 12.2 Å². The van der Waals surface area contributed by atoms with E-state index < -0.39 is 5.97 Å². The van der Waals surface area contributed by atoms with Crippen LogP contribution >= 0.6 is 0 Å². The zero-order chi connectivity index (χ0) is 20.6. The first-order chi connectivity index (χ1) is 14.0. The molecule has 0 fully saturated rings. The predicted molar refractivity (Wildman–Crippen MR) is 115 cm³/mol. The molecule has 4 nitrogen and oxygen atoms in total. The van der Waals surface area contributed by atoms with Gasteiger partial charge in [-0.05, 0) is 60.4 Å². The lowest BCUT2D eigenvalue weighted by Crippen LogP contribution is -2.18. The Morgan fingerprint density at radius 1 is 0.828 bits per heavy atom. The first-order valence-corrected chi connectivity index (χ1v) is 9.37. The Kier molecular flexibility index (Phi) is 6.69. The van der Waals surface area contributed by atoms with Crippen molar-refractivity contribution in [1.29, 1.82) is 0 Å². The average Bonchev–Trinajstić information content (AvgIpc) is 2.74. The first kappa shape index (κ1) is 20.2. The van der Waals surface area contributed by atoms with E-state index in [1.54, 1.807) is 13.2 Å². The van der Waals surface area contributed by atoms with Crippen molar-refractivity contribution >= 4 is 18.1 Å². The maximum Gasteiger partial charge on any atom is 0.349 e. The summed E-state index contributed by atoms with van der Waals surface area (Å²) in [6, 6.07) is 21.1. The zero-order valence-corrected chi connectivity index (χ0v) is 16.8. The number of hydrogen-bond donors (Lipinski definition) is 0. The van der Waals surface area contributed by atoms with Crippen LogP contribution in [0.2, 0.25) is 0 Å². The molecule has 0 heterocycles. The van der Waals surface area contributed by atoms with Crippen molar-refractivity contribution in [1.82, 2.24) is 0 Å². The molecule has 0 aliphatic rings. The van der Waals surface area contributed by atoms with E-state index in [0.29, 0.717) is 17.2 Å². The second-order valence-electron chi connectivity index (χ2n) is 6.66. The van der Waals surface area contributed by atoms with Crippen LogP contribution in [-0.4, -0.2) is 19.7 Å². The summed E-state index contributed by atoms with van der Waals surface area (Å²) < 4.78 is 16.3. The number of esters is 1. The van der Waals surface area contributed by atoms with Gasteiger partial charge in [0, 0.05) is 0 Å². The minimum absolute atomic E-state index is 0.179. The van der Waals surface area contributed by atoms with Gasteiger partial charge in [-0.25, -0.2) is 4.79 Å². The molecule has 3 aromatic carbocycles. The van der Waals surface area contributed by atoms with Crippen LogP contribution in [-0.2, 0) is 4.79 Å². The van der Waals surface area contributed by atoms with Gasteiger partial charge in [0.1, 0.15) is 5.75 Å². The molecule has 3 aromatic rings. The number of ether oxygens (including phenoxy) is 3. The molecule has 0 aromatic heterocycles. The van der Waals surface area contributed by atoms with Crippen LogP contribution in [0.15, 0.2) is 66.7 Å². The molecule has 0 aliphatic carbocycles. The Morgan fingerprint density at radius 2 is 1.59 bits per heavy atom. The molecule has 3 rings (SSSR count). The number of aryl methyl sites for hydroxylation is 2. The number of hydrogen-bond acceptors (Lipinski definition) is 4. The third kappa shape index (κ3) is 5.72. The van der Waals surface area contributed by atoms with Gasteiger partial charge in [-0.1, -0.05) is 54.6 Å². The van der Waals surface area contributed by atoms with Gasteiger partial charge >= 0.3 is 5.97 Å². The highest BCUT2D eigenvalue weighted by atomic mass is 16.6. The second-order valence-corrected chi connectivity index (χ2v) is 6.66. The number of rotatable bonds is 7. The standard InChI is InChI=1S/C25H24O4/c1-18-9-13-22(15-19(18)2)28-17-25(26)29-23-14-12-21(16-24(23)27-3)11-10-20-7-5-4-6-8-20/h4-16H,17H2,1-3H3. The summed E-state index contributed by atoms with van der Waals surface area (Å²) in [6.07, 6.45) is 3.99. The molecule has 148 valence electrons. The molecule has 0 amide bonds. The molecule has 29 heavy (non-hydrogen) atoms. The van der Waals surface area contributed by atoms with E-state index in [0.717, 1.165) is 16.7 Å². The van der Waals surface area contributed by atoms with E-state index >= 15 is 0 Å². The molecule has 0 atom stereocenters. The number of carbonyl (C=O) groups excluding carboxylic acids is 1. The SMILES string of the molecule is COc1cc(C=Cc2ccccc2)ccc1OC(=O)COc1ccc(C)c(C)c1. The smallest absolute Gasteiger partial charge is 0.349 e. The van der Waals surface area contributed by atoms with Gasteiger partial charge in [0.2, 0.25) is 0 Å². The van der Waals surface area contributed by atoms with Gasteiger partial charge in [-0.15, -0.1) is 0 Å². The lowest BCUT2D eigenvalue weighted by atomic mass is 10.1. The fourth-order valence-corrected chi connectivity index (χ4v) is 2.73. The molecule has 0 aliphatic heterocycles. The normalized spacial score (nSPS) is 10.7. The third-order valence-electron chi connectivity index (χ3n) is 4.51. The molecule has 0 bridgehead atoms. The fourth-order valence-electron chi connectivity index (χ4n) is 2.73. The van der Waals surface area contributed by atoms with Gasteiger partial charge in [0.25, 0.3) is 0 Å². The number of carbonyl (C=O) groups is 1. The first-order valence-electron chi connectivity index (χ1n) is 9.37. The van der Waals surface area contributed by atoms with Crippen LogP contribution in [0, 0.1) is 13.8 Å². The average molecular weight is 388 g/mol.